The Hall–Kier alpha value is -0.0400. The molecule has 1 heteroatoms. The van der Waals surface area contributed by atoms with E-state index in [1.54, 1.807) is 6.92 Å². The third kappa shape index (κ3) is 9510. The molecule has 0 spiro atoms. The Morgan fingerprint density at radius 3 is 1.60 bits per heavy atom. The fourth-order valence-electron chi connectivity index (χ4n) is 0. The first kappa shape index (κ1) is 8.88. The van der Waals surface area contributed by atoms with Gasteiger partial charge in [-0.2, -0.15) is 0 Å². The zero-order valence-corrected chi connectivity index (χ0v) is 3.99. The van der Waals surface area contributed by atoms with Crippen molar-refractivity contribution in [2.45, 2.75) is 13.8 Å². The minimum Gasteiger partial charge on any atom is -0.331 e. The second-order valence-electron chi connectivity index (χ2n) is 0.408. The molecule has 0 amide bonds. The van der Waals surface area contributed by atoms with Crippen LogP contribution in [-0.4, -0.2) is 6.54 Å². The fraction of sp³-hybridized carbons (Fsp3) is 0.750. The van der Waals surface area contributed by atoms with Gasteiger partial charge in [-0.3, -0.25) is 0 Å². The maximum Gasteiger partial charge on any atom is -0.0106 e. The van der Waals surface area contributed by atoms with Crippen molar-refractivity contribution >= 4 is 0 Å². The maximum absolute atomic E-state index is 4.85. The summed E-state index contributed by atoms with van der Waals surface area (Å²) in [5.74, 6) is 0. The predicted octanol–water partition coefficient (Wildman–Crippen LogP) is 0.805. The first-order valence-electron chi connectivity index (χ1n) is 1.82. The summed E-state index contributed by atoms with van der Waals surface area (Å²) in [5.41, 5.74) is 4.85. The topological polar surface area (TPSA) is 26.0 Å². The van der Waals surface area contributed by atoms with Crippen LogP contribution in [0.2, 0.25) is 0 Å². The second kappa shape index (κ2) is 37.6. The zero-order valence-electron chi connectivity index (χ0n) is 3.99. The van der Waals surface area contributed by atoms with Crippen LogP contribution in [0.25, 0.3) is 0 Å². The van der Waals surface area contributed by atoms with Crippen molar-refractivity contribution in [3.63, 3.8) is 0 Å². The van der Waals surface area contributed by atoms with Gasteiger partial charge in [0, 0.05) is 0 Å². The van der Waals surface area contributed by atoms with Crippen LogP contribution in [0.1, 0.15) is 13.8 Å². The van der Waals surface area contributed by atoms with Gasteiger partial charge in [-0.25, -0.2) is 0 Å². The van der Waals surface area contributed by atoms with Crippen LogP contribution < -0.4 is 5.73 Å². The van der Waals surface area contributed by atoms with Gasteiger partial charge in [-0.1, -0.05) is 20.8 Å². The van der Waals surface area contributed by atoms with Gasteiger partial charge in [0.25, 0.3) is 0 Å². The van der Waals surface area contributed by atoms with Crippen LogP contribution in [0.3, 0.4) is 0 Å². The number of hydrogen-bond donors (Lipinski definition) is 1. The molecule has 0 unspecified atom stereocenters. The summed E-state index contributed by atoms with van der Waals surface area (Å²) < 4.78 is 0. The van der Waals surface area contributed by atoms with Crippen molar-refractivity contribution < 1.29 is 0 Å². The highest BCUT2D eigenvalue weighted by molar-refractivity contribution is 4.00. The highest BCUT2D eigenvalue weighted by atomic mass is 14.5. The van der Waals surface area contributed by atoms with Gasteiger partial charge in [0.05, 0.1) is 0 Å². The molecule has 33 valence electrons. The van der Waals surface area contributed by atoms with E-state index in [0.717, 1.165) is 6.54 Å². The van der Waals surface area contributed by atoms with Crippen LogP contribution in [-0.2, 0) is 0 Å². The third-order valence-electron chi connectivity index (χ3n) is 0. The van der Waals surface area contributed by atoms with E-state index in [4.69, 9.17) is 5.73 Å². The molecule has 0 atom stereocenters. The van der Waals surface area contributed by atoms with Crippen molar-refractivity contribution in [1.82, 2.24) is 0 Å². The quantitative estimate of drug-likeness (QED) is 0.452. The van der Waals surface area contributed by atoms with Crippen LogP contribution >= 0.6 is 0 Å². The molecule has 0 saturated heterocycles. The van der Waals surface area contributed by atoms with E-state index in [-0.39, 0.29) is 0 Å². The minimum absolute atomic E-state index is 0.750. The van der Waals surface area contributed by atoms with Crippen LogP contribution in [0.15, 0.2) is 0 Å². The van der Waals surface area contributed by atoms with Gasteiger partial charge in [0.2, 0.25) is 0 Å². The third-order valence-corrected chi connectivity index (χ3v) is 0. The lowest BCUT2D eigenvalue weighted by atomic mass is 10.8. The van der Waals surface area contributed by atoms with Crippen LogP contribution in [0, 0.1) is 6.92 Å². The highest BCUT2D eigenvalue weighted by Gasteiger charge is 1.32. The molecule has 0 aliphatic carbocycles. The van der Waals surface area contributed by atoms with Gasteiger partial charge in [0.1, 0.15) is 0 Å². The second-order valence-corrected chi connectivity index (χ2v) is 0.408. The first-order valence-corrected chi connectivity index (χ1v) is 1.82. The smallest absolute Gasteiger partial charge is 0.0106 e. The Morgan fingerprint density at radius 1 is 1.60 bits per heavy atom. The molecule has 0 aromatic carbocycles. The number of nitrogens with two attached hydrogens (primary N) is 1. The van der Waals surface area contributed by atoms with Gasteiger partial charge in [-0.05, 0) is 6.54 Å². The van der Waals surface area contributed by atoms with Gasteiger partial charge in [-0.15, -0.1) is 0 Å². The van der Waals surface area contributed by atoms with Crippen molar-refractivity contribution in [3.8, 4) is 0 Å². The van der Waals surface area contributed by atoms with E-state index < -0.39 is 0 Å². The lowest BCUT2D eigenvalue weighted by molar-refractivity contribution is 1.14. The molecule has 5 heavy (non-hydrogen) atoms. The van der Waals surface area contributed by atoms with Crippen molar-refractivity contribution in [2.75, 3.05) is 6.54 Å². The fourth-order valence-corrected chi connectivity index (χ4v) is 0. The SMILES string of the molecule is CCN.[CH2]C. The van der Waals surface area contributed by atoms with E-state index in [1.807, 2.05) is 6.92 Å². The predicted molar refractivity (Wildman–Crippen MR) is 25.8 cm³/mol. The molecule has 1 radical (unpaired) electrons. The van der Waals surface area contributed by atoms with Crippen molar-refractivity contribution in [1.29, 1.82) is 0 Å². The Balaban J connectivity index is 0. The standard InChI is InChI=1S/C2H7N.C2H5/c1-2-3;1-2/h2-3H2,1H3;1H2,2H3. The molecular weight excluding hydrogens is 62.1 g/mol. The van der Waals surface area contributed by atoms with Crippen molar-refractivity contribution in [3.05, 3.63) is 6.92 Å². The Labute approximate surface area is 34.2 Å². The van der Waals surface area contributed by atoms with E-state index in [2.05, 4.69) is 6.92 Å². The lowest BCUT2D eigenvalue weighted by Crippen LogP contribution is -1.87. The number of rotatable bonds is 0. The van der Waals surface area contributed by atoms with Gasteiger partial charge < -0.3 is 5.73 Å². The molecule has 0 heterocycles. The highest BCUT2D eigenvalue weighted by Crippen LogP contribution is 1.20. The molecule has 0 saturated carbocycles. The molecule has 0 rings (SSSR count). The van der Waals surface area contributed by atoms with E-state index >= 15 is 0 Å². The summed E-state index contributed by atoms with van der Waals surface area (Å²) >= 11 is 0. The van der Waals surface area contributed by atoms with E-state index in [9.17, 15) is 0 Å². The molecule has 0 aliphatic heterocycles. The van der Waals surface area contributed by atoms with Crippen molar-refractivity contribution in [2.24, 2.45) is 5.73 Å². The van der Waals surface area contributed by atoms with Gasteiger partial charge in [0.15, 0.2) is 0 Å². The van der Waals surface area contributed by atoms with Crippen LogP contribution in [0.5, 0.6) is 0 Å². The van der Waals surface area contributed by atoms with Crippen LogP contribution in [0.4, 0.5) is 0 Å². The molecule has 1 nitrogen and oxygen atoms in total. The summed E-state index contributed by atoms with van der Waals surface area (Å²) in [6.45, 7) is 7.65. The normalized spacial score (nSPS) is 4.80. The maximum atomic E-state index is 4.85. The summed E-state index contributed by atoms with van der Waals surface area (Å²) in [7, 11) is 0. The average molecular weight is 74.1 g/mol. The first-order chi connectivity index (χ1) is 2.41. The Kier molecular flexibility index (Phi) is 66.8. The molecule has 0 aromatic rings. The lowest BCUT2D eigenvalue weighted by Gasteiger charge is -1.53. The summed E-state index contributed by atoms with van der Waals surface area (Å²) in [5, 5.41) is 0. The zero-order chi connectivity index (χ0) is 4.71. The largest absolute Gasteiger partial charge is 0.331 e. The van der Waals surface area contributed by atoms with E-state index in [1.165, 1.54) is 0 Å². The molecule has 0 aliphatic rings. The summed E-state index contributed by atoms with van der Waals surface area (Å²) in [4.78, 5) is 0. The summed E-state index contributed by atoms with van der Waals surface area (Å²) in [6.07, 6.45) is 0. The molecule has 0 fully saturated rings. The Bertz CT molecular complexity index is 3.61. The average Bonchev–Trinajstić information content (AvgIpc) is 1.46. The minimum atomic E-state index is 0.750. The molecular formula is C4H12N. The summed E-state index contributed by atoms with van der Waals surface area (Å²) in [6, 6.07) is 0. The molecule has 0 aromatic heterocycles. The molecule has 2 N–H and O–H groups in total. The number of hydrogen-bond acceptors (Lipinski definition) is 1. The Morgan fingerprint density at radius 2 is 1.60 bits per heavy atom. The van der Waals surface area contributed by atoms with E-state index in [0.29, 0.717) is 0 Å². The molecule has 0 bridgehead atoms. The van der Waals surface area contributed by atoms with Gasteiger partial charge >= 0.3 is 0 Å². The monoisotopic (exact) mass is 74.1 g/mol.